The first-order valence-corrected chi connectivity index (χ1v) is 11.6. The van der Waals surface area contributed by atoms with Gasteiger partial charge < -0.3 is 19.9 Å². The van der Waals surface area contributed by atoms with Gasteiger partial charge in [0.2, 0.25) is 5.91 Å². The molecule has 8 heteroatoms. The van der Waals surface area contributed by atoms with Crippen LogP contribution in [0.5, 0.6) is 5.75 Å². The zero-order valence-corrected chi connectivity index (χ0v) is 19.1. The minimum atomic E-state index is -0.322. The van der Waals surface area contributed by atoms with Gasteiger partial charge in [-0.1, -0.05) is 6.92 Å². The van der Waals surface area contributed by atoms with Crippen molar-refractivity contribution in [2.45, 2.75) is 45.7 Å². The number of carbonyl (C=O) groups is 2. The number of benzene rings is 1. The lowest BCUT2D eigenvalue weighted by molar-refractivity contribution is -0.135. The number of nitrogens with zero attached hydrogens (tertiary/aromatic N) is 2. The van der Waals surface area contributed by atoms with Gasteiger partial charge in [0.05, 0.1) is 6.04 Å². The maximum atomic E-state index is 13.3. The molecule has 2 atom stereocenters. The first-order valence-electron chi connectivity index (χ1n) is 10.7. The van der Waals surface area contributed by atoms with E-state index in [4.69, 9.17) is 4.74 Å². The maximum absolute atomic E-state index is 13.3. The van der Waals surface area contributed by atoms with Crippen LogP contribution in [0, 0.1) is 5.82 Å². The molecule has 0 bridgehead atoms. The Labute approximate surface area is 187 Å². The van der Waals surface area contributed by atoms with Crippen LogP contribution in [0.1, 0.15) is 43.7 Å². The van der Waals surface area contributed by atoms with Gasteiger partial charge >= 0.3 is 6.03 Å². The Morgan fingerprint density at radius 3 is 2.71 bits per heavy atom. The van der Waals surface area contributed by atoms with Crippen LogP contribution < -0.4 is 10.1 Å². The van der Waals surface area contributed by atoms with Crippen molar-refractivity contribution >= 4 is 23.3 Å². The SMILES string of the molecule is CCNC(=O)N(CC(=O)N1CCc2sccc2[C@H]1COc1ccc(F)cc1)[C@H](C)CC. The third kappa shape index (κ3) is 5.55. The number of carbonyl (C=O) groups excluding carboxylic acids is 2. The number of hydrogen-bond donors (Lipinski definition) is 1. The largest absolute Gasteiger partial charge is 0.491 e. The summed E-state index contributed by atoms with van der Waals surface area (Å²) in [7, 11) is 0. The van der Waals surface area contributed by atoms with Crippen LogP contribution in [0.15, 0.2) is 35.7 Å². The minimum absolute atomic E-state index is 0.0212. The lowest BCUT2D eigenvalue weighted by Gasteiger charge is -2.38. The highest BCUT2D eigenvalue weighted by Crippen LogP contribution is 2.34. The number of halogens is 1. The average molecular weight is 448 g/mol. The molecule has 0 fully saturated rings. The van der Waals surface area contributed by atoms with Gasteiger partial charge in [-0.3, -0.25) is 4.79 Å². The molecule has 0 aliphatic carbocycles. The molecule has 3 rings (SSSR count). The van der Waals surface area contributed by atoms with Gasteiger partial charge in [-0.2, -0.15) is 0 Å². The molecule has 31 heavy (non-hydrogen) atoms. The van der Waals surface area contributed by atoms with Crippen molar-refractivity contribution in [3.63, 3.8) is 0 Å². The van der Waals surface area contributed by atoms with Crippen LogP contribution in [0.25, 0.3) is 0 Å². The zero-order chi connectivity index (χ0) is 22.4. The zero-order valence-electron chi connectivity index (χ0n) is 18.3. The van der Waals surface area contributed by atoms with E-state index in [9.17, 15) is 14.0 Å². The fraction of sp³-hybridized carbons (Fsp3) is 0.478. The van der Waals surface area contributed by atoms with E-state index in [-0.39, 0.29) is 43.0 Å². The van der Waals surface area contributed by atoms with Crippen molar-refractivity contribution in [3.8, 4) is 5.75 Å². The minimum Gasteiger partial charge on any atom is -0.491 e. The predicted molar refractivity (Wildman–Crippen MR) is 120 cm³/mol. The molecule has 1 aliphatic rings. The second-order valence-electron chi connectivity index (χ2n) is 7.64. The molecule has 0 unspecified atom stereocenters. The number of ether oxygens (including phenoxy) is 1. The van der Waals surface area contributed by atoms with Crippen molar-refractivity contribution in [1.82, 2.24) is 15.1 Å². The number of hydrogen-bond acceptors (Lipinski definition) is 4. The number of thiophene rings is 1. The van der Waals surface area contributed by atoms with Gasteiger partial charge in [-0.05, 0) is 68.0 Å². The number of nitrogens with one attached hydrogen (secondary N) is 1. The highest BCUT2D eigenvalue weighted by atomic mass is 32.1. The Kier molecular flexibility index (Phi) is 7.90. The van der Waals surface area contributed by atoms with Crippen LogP contribution in [0.4, 0.5) is 9.18 Å². The summed E-state index contributed by atoms with van der Waals surface area (Å²) in [5.74, 6) is 0.133. The summed E-state index contributed by atoms with van der Waals surface area (Å²) in [6, 6.07) is 7.38. The Hall–Kier alpha value is -2.61. The molecule has 1 aliphatic heterocycles. The number of rotatable bonds is 8. The highest BCUT2D eigenvalue weighted by Gasteiger charge is 2.34. The summed E-state index contributed by atoms with van der Waals surface area (Å²) in [5.41, 5.74) is 1.08. The van der Waals surface area contributed by atoms with E-state index in [1.165, 1.54) is 17.0 Å². The maximum Gasteiger partial charge on any atom is 0.318 e. The van der Waals surface area contributed by atoms with Crippen LogP contribution >= 0.6 is 11.3 Å². The van der Waals surface area contributed by atoms with E-state index in [1.54, 1.807) is 28.4 Å². The molecule has 0 radical (unpaired) electrons. The molecule has 0 spiro atoms. The standard InChI is InChI=1S/C23H30FN3O3S/c1-4-16(3)27(23(29)25-5-2)14-22(28)26-12-10-21-19(11-13-31-21)20(26)15-30-18-8-6-17(24)7-9-18/h6-9,11,13,16,20H,4-5,10,12,14-15H2,1-3H3,(H,25,29)/t16-,20-/m1/s1. The van der Waals surface area contributed by atoms with Crippen molar-refractivity contribution in [3.05, 3.63) is 52.0 Å². The fourth-order valence-electron chi connectivity index (χ4n) is 3.72. The van der Waals surface area contributed by atoms with Gasteiger partial charge in [0.25, 0.3) is 0 Å². The Balaban J connectivity index is 1.77. The fourth-order valence-corrected chi connectivity index (χ4v) is 4.65. The van der Waals surface area contributed by atoms with Crippen LogP contribution in [-0.4, -0.2) is 54.0 Å². The van der Waals surface area contributed by atoms with E-state index in [0.29, 0.717) is 18.8 Å². The van der Waals surface area contributed by atoms with E-state index in [0.717, 1.165) is 18.4 Å². The summed E-state index contributed by atoms with van der Waals surface area (Å²) in [4.78, 5) is 30.5. The van der Waals surface area contributed by atoms with Gasteiger partial charge in [-0.25, -0.2) is 9.18 Å². The summed E-state index contributed by atoms with van der Waals surface area (Å²) < 4.78 is 19.1. The van der Waals surface area contributed by atoms with Gasteiger partial charge in [0.1, 0.15) is 24.7 Å². The Bertz CT molecular complexity index is 886. The number of fused-ring (bicyclic) bond motifs is 1. The molecule has 6 nitrogen and oxygen atoms in total. The quantitative estimate of drug-likeness (QED) is 0.659. The molecule has 2 heterocycles. The highest BCUT2D eigenvalue weighted by molar-refractivity contribution is 7.10. The third-order valence-corrected chi connectivity index (χ3v) is 6.65. The summed E-state index contributed by atoms with van der Waals surface area (Å²) in [6.07, 6.45) is 1.55. The molecule has 168 valence electrons. The van der Waals surface area contributed by atoms with Crippen molar-refractivity contribution in [2.75, 3.05) is 26.2 Å². The third-order valence-electron chi connectivity index (χ3n) is 5.65. The smallest absolute Gasteiger partial charge is 0.318 e. The van der Waals surface area contributed by atoms with Gasteiger partial charge in [-0.15, -0.1) is 11.3 Å². The number of urea groups is 1. The second kappa shape index (κ2) is 10.6. The molecule has 3 amide bonds. The molecule has 1 aromatic heterocycles. The van der Waals surface area contributed by atoms with Crippen molar-refractivity contribution in [2.24, 2.45) is 0 Å². The van der Waals surface area contributed by atoms with E-state index in [2.05, 4.69) is 5.32 Å². The molecule has 2 aromatic rings. The first-order chi connectivity index (χ1) is 14.9. The Morgan fingerprint density at radius 1 is 1.29 bits per heavy atom. The van der Waals surface area contributed by atoms with Gasteiger partial charge in [0.15, 0.2) is 0 Å². The molecule has 0 saturated carbocycles. The van der Waals surface area contributed by atoms with Crippen molar-refractivity contribution < 1.29 is 18.7 Å². The number of amides is 3. The Morgan fingerprint density at radius 2 is 2.03 bits per heavy atom. The molecule has 1 aromatic carbocycles. The lowest BCUT2D eigenvalue weighted by atomic mass is 10.00. The van der Waals surface area contributed by atoms with Crippen LogP contribution in [-0.2, 0) is 11.2 Å². The van der Waals surface area contributed by atoms with Gasteiger partial charge in [0, 0.05) is 24.0 Å². The van der Waals surface area contributed by atoms with E-state index >= 15 is 0 Å². The normalized spacial score (nSPS) is 16.4. The predicted octanol–water partition coefficient (Wildman–Crippen LogP) is 4.22. The summed E-state index contributed by atoms with van der Waals surface area (Å²) in [5, 5.41) is 4.84. The average Bonchev–Trinajstić information content (AvgIpc) is 3.25. The second-order valence-corrected chi connectivity index (χ2v) is 8.64. The molecule has 1 N–H and O–H groups in total. The van der Waals surface area contributed by atoms with Crippen molar-refractivity contribution in [1.29, 1.82) is 0 Å². The lowest BCUT2D eigenvalue weighted by Crippen LogP contribution is -2.52. The van der Waals surface area contributed by atoms with E-state index in [1.807, 2.05) is 37.1 Å². The summed E-state index contributed by atoms with van der Waals surface area (Å²) >= 11 is 1.68. The van der Waals surface area contributed by atoms with Crippen LogP contribution in [0.2, 0.25) is 0 Å². The van der Waals surface area contributed by atoms with Crippen LogP contribution in [0.3, 0.4) is 0 Å². The topological polar surface area (TPSA) is 61.9 Å². The summed E-state index contributed by atoms with van der Waals surface area (Å²) in [6.45, 7) is 7.19. The van der Waals surface area contributed by atoms with E-state index < -0.39 is 0 Å². The molecule has 0 saturated heterocycles. The molecular formula is C23H30FN3O3S. The monoisotopic (exact) mass is 447 g/mol. The molecular weight excluding hydrogens is 417 g/mol. The first kappa shape index (κ1) is 23.1.